The molecule has 0 bridgehead atoms. The molecule has 0 saturated carbocycles. The Balaban J connectivity index is -0.0000000153. The topological polar surface area (TPSA) is 316 Å². The van der Waals surface area contributed by atoms with E-state index >= 15 is 0 Å². The van der Waals surface area contributed by atoms with Gasteiger partial charge >= 0.3 is 24.4 Å². The van der Waals surface area contributed by atoms with E-state index in [1.807, 2.05) is 10.6 Å². The van der Waals surface area contributed by atoms with E-state index in [0.717, 1.165) is 0 Å². The molecule has 200 valence electrons. The Morgan fingerprint density at radius 2 is 0.812 bits per heavy atom. The number of aliphatic imine (C=N–C) groups is 2. The largest absolute Gasteiger partial charge is 0.465 e. The molecule has 0 aliphatic rings. The minimum absolute atomic E-state index is 0. The molecule has 0 aliphatic carbocycles. The third-order valence-corrected chi connectivity index (χ3v) is 1.06. The van der Waals surface area contributed by atoms with Crippen LogP contribution in [0.4, 0.5) is 14.4 Å². The zero-order valence-corrected chi connectivity index (χ0v) is 19.3. The van der Waals surface area contributed by atoms with E-state index < -0.39 is 12.2 Å². The predicted molar refractivity (Wildman–Crippen MR) is 123 cm³/mol. The summed E-state index contributed by atoms with van der Waals surface area (Å²) in [6, 6.07) is -0.157. The van der Waals surface area contributed by atoms with Crippen LogP contribution >= 0.6 is 0 Å². The van der Waals surface area contributed by atoms with Gasteiger partial charge in [0.15, 0.2) is 0 Å². The number of urea groups is 1. The monoisotopic (exact) mass is 484 g/mol. The van der Waals surface area contributed by atoms with Gasteiger partial charge in [-0.25, -0.2) is 34.0 Å². The minimum Gasteiger partial charge on any atom is -0.465 e. The maximum Gasteiger partial charge on any atom is 0.404 e. The van der Waals surface area contributed by atoms with Crippen LogP contribution in [0.1, 0.15) is 5.71 Å². The average Bonchev–Trinajstić information content (AvgIpc) is 2.82. The SMILES string of the molecule is CN.CN.CN=C=O.CN=C=O.CNC(=O)NC.CNC(=O)O.CNC(=O)O.O.O=C=O.[HH].[HH].[HH].[HH]. The first-order valence-corrected chi connectivity index (χ1v) is 7.37. The van der Waals surface area contributed by atoms with Crippen molar-refractivity contribution in [2.45, 2.75) is 0 Å². The smallest absolute Gasteiger partial charge is 0.404 e. The van der Waals surface area contributed by atoms with Crippen molar-refractivity contribution in [3.63, 3.8) is 0 Å². The summed E-state index contributed by atoms with van der Waals surface area (Å²) < 4.78 is 0. The molecule has 0 aromatic carbocycles. The van der Waals surface area contributed by atoms with Crippen molar-refractivity contribution in [1.29, 1.82) is 0 Å². The Kier molecular flexibility index (Phi) is 165. The number of rotatable bonds is 0. The highest BCUT2D eigenvalue weighted by molar-refractivity contribution is 5.72. The predicted octanol–water partition coefficient (Wildman–Crippen LogP) is -2.06. The number of nitrogens with one attached hydrogen (secondary N) is 4. The third kappa shape index (κ3) is 469. The van der Waals surface area contributed by atoms with Crippen LogP contribution in [0.3, 0.4) is 0 Å². The highest BCUT2D eigenvalue weighted by atomic mass is 16.4. The fraction of sp³-hybridized carbons (Fsp3) is 0.571. The molecule has 0 aromatic rings. The van der Waals surface area contributed by atoms with Crippen molar-refractivity contribution >= 4 is 36.5 Å². The molecule has 0 fully saturated rings. The number of isocyanates is 2. The van der Waals surface area contributed by atoms with E-state index in [1.54, 1.807) is 14.1 Å². The van der Waals surface area contributed by atoms with Gasteiger partial charge in [0.05, 0.1) is 0 Å². The maximum atomic E-state index is 9.96. The molecule has 0 rings (SSSR count). The maximum absolute atomic E-state index is 9.96. The number of hydrogen-bond acceptors (Lipinski definition) is 11. The van der Waals surface area contributed by atoms with E-state index in [1.165, 1.54) is 54.4 Å². The van der Waals surface area contributed by atoms with Crippen molar-refractivity contribution in [1.82, 2.24) is 21.3 Å². The lowest BCUT2D eigenvalue weighted by Gasteiger charge is -1.91. The van der Waals surface area contributed by atoms with Gasteiger partial charge in [0.2, 0.25) is 12.2 Å². The Bertz CT molecular complexity index is 470. The summed E-state index contributed by atoms with van der Waals surface area (Å²) in [5.41, 5.74) is 9.00. The summed E-state index contributed by atoms with van der Waals surface area (Å²) in [4.78, 5) is 68.3. The molecule has 0 heterocycles. The lowest BCUT2D eigenvalue weighted by molar-refractivity contribution is -0.191. The molecule has 0 aliphatic heterocycles. The van der Waals surface area contributed by atoms with E-state index in [2.05, 4.69) is 32.1 Å². The number of nitrogens with zero attached hydrogens (tertiary/aromatic N) is 2. The third-order valence-electron chi connectivity index (χ3n) is 1.06. The van der Waals surface area contributed by atoms with Gasteiger partial charge in [-0.3, -0.25) is 0 Å². The van der Waals surface area contributed by atoms with Gasteiger partial charge in [0.1, 0.15) is 0 Å². The van der Waals surface area contributed by atoms with Crippen molar-refractivity contribution < 1.29 is 55.0 Å². The number of carbonyl (C=O) groups is 3. The van der Waals surface area contributed by atoms with Crippen LogP contribution in [-0.4, -0.2) is 109 Å². The molecular formula is C14H44N8O10. The lowest BCUT2D eigenvalue weighted by atomic mass is 11.0. The molecule has 18 nitrogen and oxygen atoms in total. The zero-order chi connectivity index (χ0) is 27.1. The molecule has 0 saturated heterocycles. The average molecular weight is 485 g/mol. The molecule has 32 heavy (non-hydrogen) atoms. The first-order valence-electron chi connectivity index (χ1n) is 7.37. The number of amides is 4. The van der Waals surface area contributed by atoms with Gasteiger partial charge in [0.25, 0.3) is 0 Å². The van der Waals surface area contributed by atoms with Crippen LogP contribution in [0, 0.1) is 0 Å². The summed E-state index contributed by atoms with van der Waals surface area (Å²) in [5.74, 6) is 0. The fourth-order valence-corrected chi connectivity index (χ4v) is 0.125. The summed E-state index contributed by atoms with van der Waals surface area (Å²) >= 11 is 0. The van der Waals surface area contributed by atoms with E-state index in [4.69, 9.17) is 29.4 Å². The number of hydrogen-bond donors (Lipinski definition) is 8. The van der Waals surface area contributed by atoms with E-state index in [9.17, 15) is 14.4 Å². The molecule has 12 N–H and O–H groups in total. The van der Waals surface area contributed by atoms with Crippen LogP contribution in [0.25, 0.3) is 0 Å². The summed E-state index contributed by atoms with van der Waals surface area (Å²) in [6.07, 6.45) is 0.870. The second-order valence-electron chi connectivity index (χ2n) is 2.65. The molecule has 0 aromatic heterocycles. The van der Waals surface area contributed by atoms with Gasteiger partial charge in [-0.15, -0.1) is 0 Å². The van der Waals surface area contributed by atoms with Crippen molar-refractivity contribution in [2.75, 3.05) is 56.4 Å². The number of carboxylic acid groups (broad SMARTS) is 2. The summed E-state index contributed by atoms with van der Waals surface area (Å²) in [5, 5.41) is 23.8. The highest BCUT2D eigenvalue weighted by Crippen LogP contribution is 1.48. The Morgan fingerprint density at radius 1 is 0.688 bits per heavy atom. The molecule has 4 amide bonds. The standard InChI is InChI=1S/C3H8N2O.2C2H5NO2.2C2H3NO.2CH5N.CO2.H2O.4H2/c1-4-3(6)5-2;2*1-3-2(4)5;2*1-3-2-4;2*1-2;2-1-3;;;;;/h1-2H3,(H2,4,5,6);2*3H,1H3,(H,4,5);2*1H3;2*2H2,1H3;;1H2;4*1H. The Hall–Kier alpha value is -4.17. The Morgan fingerprint density at radius 3 is 0.812 bits per heavy atom. The molecule has 0 radical (unpaired) electrons. The molecule has 0 unspecified atom stereocenters. The van der Waals surface area contributed by atoms with Crippen LogP contribution in [-0.2, 0) is 19.2 Å². The first kappa shape index (κ1) is 56.5. The van der Waals surface area contributed by atoms with Crippen LogP contribution in [0.2, 0.25) is 0 Å². The summed E-state index contributed by atoms with van der Waals surface area (Å²) in [6.45, 7) is 0. The molecular weight excluding hydrogens is 440 g/mol. The van der Waals surface area contributed by atoms with Crippen LogP contribution < -0.4 is 32.7 Å². The van der Waals surface area contributed by atoms with Crippen LogP contribution in [0.5, 0.6) is 0 Å². The van der Waals surface area contributed by atoms with Crippen molar-refractivity contribution in [2.24, 2.45) is 21.5 Å². The van der Waals surface area contributed by atoms with Gasteiger partial charge in [0, 0.05) is 48.0 Å². The fourth-order valence-electron chi connectivity index (χ4n) is 0.125. The van der Waals surface area contributed by atoms with Crippen LogP contribution in [0.15, 0.2) is 9.98 Å². The molecule has 0 atom stereocenters. The summed E-state index contributed by atoms with van der Waals surface area (Å²) in [7, 11) is 11.6. The zero-order valence-electron chi connectivity index (χ0n) is 19.3. The minimum atomic E-state index is -0.995. The van der Waals surface area contributed by atoms with Crippen molar-refractivity contribution in [3.8, 4) is 0 Å². The van der Waals surface area contributed by atoms with Crippen molar-refractivity contribution in [3.05, 3.63) is 0 Å². The Labute approximate surface area is 191 Å². The number of nitrogens with two attached hydrogens (primary N) is 2. The van der Waals surface area contributed by atoms with E-state index in [0.29, 0.717) is 0 Å². The quantitative estimate of drug-likeness (QED) is 0.136. The second-order valence-corrected chi connectivity index (χ2v) is 2.65. The van der Waals surface area contributed by atoms with Gasteiger partial charge < -0.3 is 48.4 Å². The molecule has 0 spiro atoms. The number of carbonyl (C=O) groups excluding carboxylic acids is 5. The lowest BCUT2D eigenvalue weighted by Crippen LogP contribution is -2.28. The normalized spacial score (nSPS) is 5.06. The second kappa shape index (κ2) is 93.6. The van der Waals surface area contributed by atoms with E-state index in [-0.39, 0.29) is 23.4 Å². The highest BCUT2D eigenvalue weighted by Gasteiger charge is 1.81. The molecule has 18 heteroatoms. The van der Waals surface area contributed by atoms with Gasteiger partial charge in [-0.2, -0.15) is 9.59 Å². The first-order chi connectivity index (χ1) is 14.6. The van der Waals surface area contributed by atoms with Gasteiger partial charge in [-0.05, 0) is 14.1 Å². The van der Waals surface area contributed by atoms with Gasteiger partial charge in [-0.1, -0.05) is 0 Å².